The standard InChI is InChI=1S/C12H20N4O/c1-3-17-8-12-15-10(13-2)7-11(16-12)14-9-5-4-6-9/h7,9H,3-6,8H2,1-2H3,(H2,13,14,15,16). The number of ether oxygens (including phenoxy) is 1. The van der Waals surface area contributed by atoms with Gasteiger partial charge in [-0.3, -0.25) is 0 Å². The van der Waals surface area contributed by atoms with E-state index in [9.17, 15) is 0 Å². The Morgan fingerprint density at radius 1 is 1.35 bits per heavy atom. The molecule has 94 valence electrons. The van der Waals surface area contributed by atoms with E-state index in [0.29, 0.717) is 19.3 Å². The summed E-state index contributed by atoms with van der Waals surface area (Å²) >= 11 is 0. The van der Waals surface area contributed by atoms with Gasteiger partial charge in [-0.05, 0) is 26.2 Å². The van der Waals surface area contributed by atoms with Crippen LogP contribution < -0.4 is 10.6 Å². The van der Waals surface area contributed by atoms with Crippen molar-refractivity contribution in [2.45, 2.75) is 38.8 Å². The van der Waals surface area contributed by atoms with Crippen LogP contribution in [0.15, 0.2) is 6.07 Å². The molecule has 0 unspecified atom stereocenters. The maximum atomic E-state index is 5.34. The topological polar surface area (TPSA) is 59.1 Å². The molecule has 0 saturated heterocycles. The first-order chi connectivity index (χ1) is 8.31. The summed E-state index contributed by atoms with van der Waals surface area (Å²) in [4.78, 5) is 8.81. The molecule has 17 heavy (non-hydrogen) atoms. The normalized spacial score (nSPS) is 15.4. The number of nitrogens with zero attached hydrogens (tertiary/aromatic N) is 2. The Bertz CT molecular complexity index is 366. The highest BCUT2D eigenvalue weighted by molar-refractivity contribution is 5.47. The molecule has 5 nitrogen and oxygen atoms in total. The SMILES string of the molecule is CCOCc1nc(NC)cc(NC2CCC2)n1. The summed E-state index contributed by atoms with van der Waals surface area (Å²) in [7, 11) is 1.86. The first kappa shape index (κ1) is 12.1. The molecule has 0 radical (unpaired) electrons. The van der Waals surface area contributed by atoms with Crippen LogP contribution in [0.1, 0.15) is 32.0 Å². The average Bonchev–Trinajstić information content (AvgIpc) is 2.31. The zero-order valence-corrected chi connectivity index (χ0v) is 10.5. The summed E-state index contributed by atoms with van der Waals surface area (Å²) in [5.74, 6) is 2.45. The predicted molar refractivity (Wildman–Crippen MR) is 68.2 cm³/mol. The molecule has 0 spiro atoms. The highest BCUT2D eigenvalue weighted by Gasteiger charge is 2.17. The van der Waals surface area contributed by atoms with Gasteiger partial charge in [0.25, 0.3) is 0 Å². The molecule has 1 saturated carbocycles. The minimum atomic E-state index is 0.464. The molecular formula is C12H20N4O. The Morgan fingerprint density at radius 2 is 2.12 bits per heavy atom. The summed E-state index contributed by atoms with van der Waals surface area (Å²) in [5, 5.41) is 6.47. The van der Waals surface area contributed by atoms with Gasteiger partial charge in [0.2, 0.25) is 0 Å². The summed E-state index contributed by atoms with van der Waals surface area (Å²) < 4.78 is 5.34. The van der Waals surface area contributed by atoms with Gasteiger partial charge in [-0.2, -0.15) is 0 Å². The van der Waals surface area contributed by atoms with Gasteiger partial charge in [0.05, 0.1) is 0 Å². The van der Waals surface area contributed by atoms with E-state index in [1.807, 2.05) is 20.0 Å². The van der Waals surface area contributed by atoms with Crippen molar-refractivity contribution in [3.63, 3.8) is 0 Å². The second kappa shape index (κ2) is 5.82. The molecule has 1 aliphatic carbocycles. The molecule has 2 rings (SSSR count). The molecule has 0 bridgehead atoms. The second-order valence-electron chi connectivity index (χ2n) is 4.21. The lowest BCUT2D eigenvalue weighted by Gasteiger charge is -2.27. The minimum Gasteiger partial charge on any atom is -0.374 e. The van der Waals surface area contributed by atoms with Crippen LogP contribution in [0.25, 0.3) is 0 Å². The first-order valence-corrected chi connectivity index (χ1v) is 6.21. The molecule has 2 N–H and O–H groups in total. The smallest absolute Gasteiger partial charge is 0.158 e. The van der Waals surface area contributed by atoms with E-state index in [0.717, 1.165) is 17.5 Å². The molecular weight excluding hydrogens is 216 g/mol. The zero-order chi connectivity index (χ0) is 12.1. The van der Waals surface area contributed by atoms with E-state index in [2.05, 4.69) is 20.6 Å². The fourth-order valence-electron chi connectivity index (χ4n) is 1.72. The van der Waals surface area contributed by atoms with Gasteiger partial charge >= 0.3 is 0 Å². The van der Waals surface area contributed by atoms with Crippen LogP contribution in [0.5, 0.6) is 0 Å². The van der Waals surface area contributed by atoms with Gasteiger partial charge in [0, 0.05) is 25.8 Å². The van der Waals surface area contributed by atoms with Crippen LogP contribution in [0.3, 0.4) is 0 Å². The lowest BCUT2D eigenvalue weighted by molar-refractivity contribution is 0.128. The molecule has 0 amide bonds. The Morgan fingerprint density at radius 3 is 2.71 bits per heavy atom. The number of rotatable bonds is 6. The quantitative estimate of drug-likeness (QED) is 0.791. The Hall–Kier alpha value is -1.36. The van der Waals surface area contributed by atoms with E-state index in [1.54, 1.807) is 0 Å². The molecule has 0 atom stereocenters. The maximum Gasteiger partial charge on any atom is 0.158 e. The van der Waals surface area contributed by atoms with Crippen LogP contribution in [0.2, 0.25) is 0 Å². The fourth-order valence-corrected chi connectivity index (χ4v) is 1.72. The van der Waals surface area contributed by atoms with Crippen molar-refractivity contribution in [1.82, 2.24) is 9.97 Å². The zero-order valence-electron chi connectivity index (χ0n) is 10.5. The lowest BCUT2D eigenvalue weighted by atomic mass is 9.93. The molecule has 5 heteroatoms. The molecule has 0 aromatic carbocycles. The molecule has 1 heterocycles. The van der Waals surface area contributed by atoms with Gasteiger partial charge in [-0.1, -0.05) is 0 Å². The van der Waals surface area contributed by atoms with E-state index in [4.69, 9.17) is 4.74 Å². The Labute approximate surface area is 102 Å². The van der Waals surface area contributed by atoms with Crippen LogP contribution in [-0.4, -0.2) is 29.7 Å². The number of hydrogen-bond donors (Lipinski definition) is 2. The molecule has 1 aliphatic rings. The number of nitrogens with one attached hydrogen (secondary N) is 2. The van der Waals surface area contributed by atoms with E-state index < -0.39 is 0 Å². The van der Waals surface area contributed by atoms with E-state index in [1.165, 1.54) is 19.3 Å². The summed E-state index contributed by atoms with van der Waals surface area (Å²) in [5.41, 5.74) is 0. The summed E-state index contributed by atoms with van der Waals surface area (Å²) in [6.45, 7) is 3.11. The van der Waals surface area contributed by atoms with Gasteiger partial charge in [0.1, 0.15) is 18.2 Å². The highest BCUT2D eigenvalue weighted by Crippen LogP contribution is 2.23. The predicted octanol–water partition coefficient (Wildman–Crippen LogP) is 2.02. The molecule has 1 aromatic rings. The van der Waals surface area contributed by atoms with Crippen molar-refractivity contribution in [2.24, 2.45) is 0 Å². The van der Waals surface area contributed by atoms with Crippen molar-refractivity contribution in [2.75, 3.05) is 24.3 Å². The molecule has 1 fully saturated rings. The second-order valence-corrected chi connectivity index (χ2v) is 4.21. The number of aromatic nitrogens is 2. The molecule has 0 aliphatic heterocycles. The average molecular weight is 236 g/mol. The van der Waals surface area contributed by atoms with Crippen LogP contribution >= 0.6 is 0 Å². The summed E-state index contributed by atoms with van der Waals surface area (Å²) in [6, 6.07) is 2.52. The third-order valence-corrected chi connectivity index (χ3v) is 2.92. The minimum absolute atomic E-state index is 0.464. The van der Waals surface area contributed by atoms with Crippen molar-refractivity contribution >= 4 is 11.6 Å². The Balaban J connectivity index is 2.06. The van der Waals surface area contributed by atoms with Crippen molar-refractivity contribution < 1.29 is 4.74 Å². The van der Waals surface area contributed by atoms with Crippen molar-refractivity contribution in [1.29, 1.82) is 0 Å². The number of anilines is 2. The van der Waals surface area contributed by atoms with Crippen LogP contribution in [-0.2, 0) is 11.3 Å². The van der Waals surface area contributed by atoms with E-state index >= 15 is 0 Å². The monoisotopic (exact) mass is 236 g/mol. The van der Waals surface area contributed by atoms with Crippen molar-refractivity contribution in [3.8, 4) is 0 Å². The molecule has 1 aromatic heterocycles. The van der Waals surface area contributed by atoms with Gasteiger partial charge in [0.15, 0.2) is 5.82 Å². The third kappa shape index (κ3) is 3.30. The fraction of sp³-hybridized carbons (Fsp3) is 0.667. The third-order valence-electron chi connectivity index (χ3n) is 2.92. The van der Waals surface area contributed by atoms with Crippen molar-refractivity contribution in [3.05, 3.63) is 11.9 Å². The highest BCUT2D eigenvalue weighted by atomic mass is 16.5. The van der Waals surface area contributed by atoms with Gasteiger partial charge in [-0.15, -0.1) is 0 Å². The number of hydrogen-bond acceptors (Lipinski definition) is 5. The Kier molecular flexibility index (Phi) is 4.14. The van der Waals surface area contributed by atoms with Crippen LogP contribution in [0.4, 0.5) is 11.6 Å². The van der Waals surface area contributed by atoms with Gasteiger partial charge < -0.3 is 15.4 Å². The van der Waals surface area contributed by atoms with E-state index in [-0.39, 0.29) is 0 Å². The lowest BCUT2D eigenvalue weighted by Crippen LogP contribution is -2.27. The largest absolute Gasteiger partial charge is 0.374 e. The summed E-state index contributed by atoms with van der Waals surface area (Å²) in [6.07, 6.45) is 3.78. The van der Waals surface area contributed by atoms with Crippen LogP contribution in [0, 0.1) is 0 Å². The first-order valence-electron chi connectivity index (χ1n) is 6.21. The van der Waals surface area contributed by atoms with Gasteiger partial charge in [-0.25, -0.2) is 9.97 Å². The maximum absolute atomic E-state index is 5.34.